The predicted octanol–water partition coefficient (Wildman–Crippen LogP) is 4.21. The van der Waals surface area contributed by atoms with Crippen LogP contribution in [-0.2, 0) is 6.42 Å². The van der Waals surface area contributed by atoms with Gasteiger partial charge in [-0.3, -0.25) is 4.79 Å². The number of methoxy groups -OCH3 is 1. The monoisotopic (exact) mass is 425 g/mol. The van der Waals surface area contributed by atoms with Crippen molar-refractivity contribution < 1.29 is 23.2 Å². The third-order valence-corrected chi connectivity index (χ3v) is 5.28. The summed E-state index contributed by atoms with van der Waals surface area (Å²) in [7, 11) is 1.59. The number of halogens is 1. The molecule has 4 rings (SSSR count). The zero-order chi connectivity index (χ0) is 21.6. The van der Waals surface area contributed by atoms with Crippen molar-refractivity contribution in [3.05, 3.63) is 71.6 Å². The van der Waals surface area contributed by atoms with Crippen molar-refractivity contribution in [1.29, 1.82) is 0 Å². The van der Waals surface area contributed by atoms with E-state index in [0.717, 1.165) is 19.3 Å². The van der Waals surface area contributed by atoms with E-state index in [9.17, 15) is 9.18 Å². The molecule has 0 N–H and O–H groups in total. The topological polar surface area (TPSA) is 77.7 Å². The minimum atomic E-state index is -0.309. The van der Waals surface area contributed by atoms with E-state index in [1.165, 1.54) is 12.1 Å². The van der Waals surface area contributed by atoms with Crippen molar-refractivity contribution >= 4 is 5.91 Å². The molecule has 8 heteroatoms. The fourth-order valence-corrected chi connectivity index (χ4v) is 3.63. The molecule has 1 unspecified atom stereocenters. The third-order valence-electron chi connectivity index (χ3n) is 5.28. The van der Waals surface area contributed by atoms with E-state index in [4.69, 9.17) is 14.0 Å². The Morgan fingerprint density at radius 3 is 2.61 bits per heavy atom. The second-order valence-corrected chi connectivity index (χ2v) is 7.34. The molecular weight excluding hydrogens is 401 g/mol. The number of benzene rings is 2. The zero-order valence-corrected chi connectivity index (χ0v) is 17.3. The molecule has 2 heterocycles. The summed E-state index contributed by atoms with van der Waals surface area (Å²) in [5.74, 6) is 1.87. The van der Waals surface area contributed by atoms with Gasteiger partial charge in [0.05, 0.1) is 13.7 Å². The standard InChI is InChI=1S/C23H24FN3O4/c1-29-18-9-5-16(6-10-18)23(28)27-14-3-2-4-20(27)22-25-21(26-31-22)13-15-30-19-11-7-17(24)8-12-19/h5-12,20H,2-4,13-15H2,1H3. The van der Waals surface area contributed by atoms with E-state index >= 15 is 0 Å². The second-order valence-electron chi connectivity index (χ2n) is 7.34. The van der Waals surface area contributed by atoms with Gasteiger partial charge < -0.3 is 18.9 Å². The van der Waals surface area contributed by atoms with E-state index in [1.807, 2.05) is 0 Å². The molecule has 0 bridgehead atoms. The summed E-state index contributed by atoms with van der Waals surface area (Å²) in [6.45, 7) is 0.977. The zero-order valence-electron chi connectivity index (χ0n) is 17.3. The van der Waals surface area contributed by atoms with E-state index < -0.39 is 0 Å². The summed E-state index contributed by atoms with van der Waals surface area (Å²) >= 11 is 0. The largest absolute Gasteiger partial charge is 0.497 e. The highest BCUT2D eigenvalue weighted by Gasteiger charge is 2.32. The highest BCUT2D eigenvalue weighted by Crippen LogP contribution is 2.31. The maximum absolute atomic E-state index is 13.1. The quantitative estimate of drug-likeness (QED) is 0.564. The Kier molecular flexibility index (Phi) is 6.45. The summed E-state index contributed by atoms with van der Waals surface area (Å²) < 4.78 is 29.2. The number of likely N-dealkylation sites (tertiary alicyclic amines) is 1. The number of piperidine rings is 1. The van der Waals surface area contributed by atoms with Gasteiger partial charge in [0.1, 0.15) is 23.4 Å². The lowest BCUT2D eigenvalue weighted by atomic mass is 10.0. The van der Waals surface area contributed by atoms with Gasteiger partial charge in [-0.05, 0) is 67.8 Å². The van der Waals surface area contributed by atoms with Gasteiger partial charge in [0.25, 0.3) is 5.91 Å². The molecule has 0 spiro atoms. The fourth-order valence-electron chi connectivity index (χ4n) is 3.63. The number of hydrogen-bond donors (Lipinski definition) is 0. The normalized spacial score (nSPS) is 16.2. The molecule has 1 fully saturated rings. The number of rotatable bonds is 7. The van der Waals surface area contributed by atoms with Crippen molar-refractivity contribution in [3.8, 4) is 11.5 Å². The first-order valence-corrected chi connectivity index (χ1v) is 10.3. The summed E-state index contributed by atoms with van der Waals surface area (Å²) in [4.78, 5) is 19.4. The van der Waals surface area contributed by atoms with Crippen LogP contribution >= 0.6 is 0 Å². The number of hydrogen-bond acceptors (Lipinski definition) is 6. The third kappa shape index (κ3) is 5.02. The van der Waals surface area contributed by atoms with E-state index in [1.54, 1.807) is 48.4 Å². The smallest absolute Gasteiger partial charge is 0.254 e. The molecule has 1 amide bonds. The Bertz CT molecular complexity index is 1000. The van der Waals surface area contributed by atoms with Crippen LogP contribution in [0, 0.1) is 5.82 Å². The van der Waals surface area contributed by atoms with E-state index in [-0.39, 0.29) is 17.8 Å². The van der Waals surface area contributed by atoms with Crippen molar-refractivity contribution in [3.63, 3.8) is 0 Å². The first-order valence-electron chi connectivity index (χ1n) is 10.3. The highest BCUT2D eigenvalue weighted by molar-refractivity contribution is 5.94. The molecule has 1 saturated heterocycles. The van der Waals surface area contributed by atoms with Crippen molar-refractivity contribution in [2.45, 2.75) is 31.7 Å². The summed E-state index contributed by atoms with van der Waals surface area (Å²) in [6.07, 6.45) is 3.14. The summed E-state index contributed by atoms with van der Waals surface area (Å²) in [5, 5.41) is 4.05. The van der Waals surface area contributed by atoms with Crippen molar-refractivity contribution in [1.82, 2.24) is 15.0 Å². The first-order chi connectivity index (χ1) is 15.1. The van der Waals surface area contributed by atoms with Crippen LogP contribution in [-0.4, -0.2) is 41.2 Å². The van der Waals surface area contributed by atoms with Crippen LogP contribution in [0.4, 0.5) is 4.39 Å². The fraction of sp³-hybridized carbons (Fsp3) is 0.348. The van der Waals surface area contributed by atoms with Gasteiger partial charge in [-0.15, -0.1) is 0 Å². The average Bonchev–Trinajstić information content (AvgIpc) is 3.29. The van der Waals surface area contributed by atoms with Crippen LogP contribution in [0.15, 0.2) is 53.1 Å². The lowest BCUT2D eigenvalue weighted by molar-refractivity contribution is 0.0561. The molecule has 1 aliphatic rings. The van der Waals surface area contributed by atoms with Crippen molar-refractivity contribution in [2.75, 3.05) is 20.3 Å². The van der Waals surface area contributed by atoms with Gasteiger partial charge in [0, 0.05) is 18.5 Å². The van der Waals surface area contributed by atoms with Crippen molar-refractivity contribution in [2.24, 2.45) is 0 Å². The molecule has 31 heavy (non-hydrogen) atoms. The molecule has 2 aromatic carbocycles. The molecule has 1 atom stereocenters. The lowest BCUT2D eigenvalue weighted by Crippen LogP contribution is -2.38. The minimum Gasteiger partial charge on any atom is -0.497 e. The molecule has 0 aliphatic carbocycles. The van der Waals surface area contributed by atoms with Gasteiger partial charge in [-0.2, -0.15) is 4.98 Å². The molecule has 7 nitrogen and oxygen atoms in total. The Morgan fingerprint density at radius 2 is 1.87 bits per heavy atom. The minimum absolute atomic E-state index is 0.0632. The first kappa shape index (κ1) is 20.8. The molecule has 1 aliphatic heterocycles. The molecule has 0 saturated carbocycles. The van der Waals surface area contributed by atoms with Gasteiger partial charge in [-0.1, -0.05) is 5.16 Å². The Morgan fingerprint density at radius 1 is 1.13 bits per heavy atom. The number of amides is 1. The average molecular weight is 425 g/mol. The van der Waals surface area contributed by atoms with Crippen LogP contribution in [0.5, 0.6) is 11.5 Å². The van der Waals surface area contributed by atoms with Crippen LogP contribution in [0.1, 0.15) is 47.4 Å². The highest BCUT2D eigenvalue weighted by atomic mass is 19.1. The summed E-state index contributed by atoms with van der Waals surface area (Å²) in [5.41, 5.74) is 0.597. The Labute approximate surface area is 179 Å². The van der Waals surface area contributed by atoms with Crippen LogP contribution in [0.25, 0.3) is 0 Å². The Hall–Kier alpha value is -3.42. The van der Waals surface area contributed by atoms with E-state index in [2.05, 4.69) is 10.1 Å². The van der Waals surface area contributed by atoms with Gasteiger partial charge in [-0.25, -0.2) is 4.39 Å². The second kappa shape index (κ2) is 9.59. The number of ether oxygens (including phenoxy) is 2. The number of nitrogens with zero attached hydrogens (tertiary/aromatic N) is 3. The SMILES string of the molecule is COc1ccc(C(=O)N2CCCCC2c2nc(CCOc3ccc(F)cc3)no2)cc1. The Balaban J connectivity index is 1.40. The number of carbonyl (C=O) groups is 1. The molecule has 3 aromatic rings. The van der Waals surface area contributed by atoms with Gasteiger partial charge in [0.15, 0.2) is 5.82 Å². The van der Waals surface area contributed by atoms with E-state index in [0.29, 0.717) is 48.4 Å². The van der Waals surface area contributed by atoms with Crippen LogP contribution in [0.3, 0.4) is 0 Å². The number of aromatic nitrogens is 2. The van der Waals surface area contributed by atoms with Crippen LogP contribution < -0.4 is 9.47 Å². The molecule has 0 radical (unpaired) electrons. The number of carbonyl (C=O) groups excluding carboxylic acids is 1. The molecular formula is C23H24FN3O4. The van der Waals surface area contributed by atoms with Gasteiger partial charge >= 0.3 is 0 Å². The predicted molar refractivity (Wildman–Crippen MR) is 111 cm³/mol. The van der Waals surface area contributed by atoms with Gasteiger partial charge in [0.2, 0.25) is 5.89 Å². The summed E-state index contributed by atoms with van der Waals surface area (Å²) in [6, 6.07) is 12.7. The maximum atomic E-state index is 13.1. The van der Waals surface area contributed by atoms with Crippen LogP contribution in [0.2, 0.25) is 0 Å². The maximum Gasteiger partial charge on any atom is 0.254 e. The molecule has 162 valence electrons. The lowest BCUT2D eigenvalue weighted by Gasteiger charge is -2.33. The molecule has 1 aromatic heterocycles.